The molecule has 296 valence electrons. The van der Waals surface area contributed by atoms with E-state index in [1.54, 1.807) is 38.1 Å². The van der Waals surface area contributed by atoms with Gasteiger partial charge >= 0.3 is 12.4 Å². The third kappa shape index (κ3) is 8.79. The summed E-state index contributed by atoms with van der Waals surface area (Å²) in [5.74, 6) is -2.06. The molecule has 17 heteroatoms. The molecule has 10 nitrogen and oxygen atoms in total. The van der Waals surface area contributed by atoms with Crippen molar-refractivity contribution in [2.24, 2.45) is 5.92 Å². The highest BCUT2D eigenvalue weighted by Crippen LogP contribution is 2.44. The highest BCUT2D eigenvalue weighted by Gasteiger charge is 2.56. The zero-order chi connectivity index (χ0) is 39.5. The van der Waals surface area contributed by atoms with Crippen LogP contribution < -0.4 is 9.47 Å². The number of amides is 2. The van der Waals surface area contributed by atoms with Gasteiger partial charge in [-0.1, -0.05) is 38.5 Å². The Kier molecular flexibility index (Phi) is 12.5. The van der Waals surface area contributed by atoms with Gasteiger partial charge in [0.25, 0.3) is 11.8 Å². The number of likely N-dealkylation sites (tertiary alicyclic amines) is 2. The first kappa shape index (κ1) is 41.2. The molecule has 3 N–H and O–H groups in total. The number of nitrogens with zero attached hydrogens (tertiary/aromatic N) is 3. The number of piperidine rings is 2. The minimum atomic E-state index is -4.90. The number of aromatic nitrogens is 1. The minimum Gasteiger partial charge on any atom is -0.493 e. The lowest BCUT2D eigenvalue weighted by Gasteiger charge is -2.51. The van der Waals surface area contributed by atoms with Crippen molar-refractivity contribution in [2.75, 3.05) is 26.2 Å². The van der Waals surface area contributed by atoms with E-state index < -0.39 is 69.6 Å². The maximum atomic E-state index is 14.9. The summed E-state index contributed by atoms with van der Waals surface area (Å²) in [6, 6.07) is 7.05. The van der Waals surface area contributed by atoms with Crippen molar-refractivity contribution in [3.05, 3.63) is 75.7 Å². The van der Waals surface area contributed by atoms with E-state index in [0.717, 1.165) is 28.7 Å². The minimum absolute atomic E-state index is 0.0172. The average Bonchev–Trinajstić information content (AvgIpc) is 3.61. The summed E-state index contributed by atoms with van der Waals surface area (Å²) in [5, 5.41) is 31.8. The van der Waals surface area contributed by atoms with Crippen LogP contribution in [0.4, 0.5) is 26.3 Å². The van der Waals surface area contributed by atoms with Crippen molar-refractivity contribution in [1.29, 1.82) is 0 Å². The van der Waals surface area contributed by atoms with Crippen LogP contribution in [-0.2, 0) is 22.7 Å². The first-order valence-electron chi connectivity index (χ1n) is 17.7. The molecule has 0 aliphatic carbocycles. The molecule has 3 atom stereocenters. The van der Waals surface area contributed by atoms with Crippen molar-refractivity contribution in [3.8, 4) is 11.5 Å². The molecular weight excluding hydrogens is 744 g/mol. The quantitative estimate of drug-likeness (QED) is 0.138. The first-order valence-corrected chi connectivity index (χ1v) is 18.6. The molecule has 1 unspecified atom stereocenters. The van der Waals surface area contributed by atoms with E-state index in [4.69, 9.17) is 9.47 Å². The Bertz CT molecular complexity index is 1760. The normalized spacial score (nSPS) is 21.2. The van der Waals surface area contributed by atoms with Crippen molar-refractivity contribution >= 4 is 23.2 Å². The molecule has 0 saturated carbocycles. The Morgan fingerprint density at radius 3 is 2.37 bits per heavy atom. The molecule has 4 heterocycles. The van der Waals surface area contributed by atoms with E-state index in [9.17, 15) is 51.3 Å². The van der Waals surface area contributed by atoms with Crippen molar-refractivity contribution in [1.82, 2.24) is 14.8 Å². The molecule has 2 aliphatic rings. The lowest BCUT2D eigenvalue weighted by atomic mass is 9.78. The maximum Gasteiger partial charge on any atom is 0.425 e. The summed E-state index contributed by atoms with van der Waals surface area (Å²) in [6.45, 7) is 3.42. The highest BCUT2D eigenvalue weighted by atomic mass is 32.1. The molecule has 2 amide bonds. The summed E-state index contributed by atoms with van der Waals surface area (Å²) in [4.78, 5) is 34.3. The molecule has 0 bridgehead atoms. The van der Waals surface area contributed by atoms with E-state index in [2.05, 4.69) is 4.98 Å². The highest BCUT2D eigenvalue weighted by molar-refractivity contribution is 7.10. The Hall–Kier alpha value is -3.93. The lowest BCUT2D eigenvalue weighted by Crippen LogP contribution is -2.68. The Morgan fingerprint density at radius 2 is 1.74 bits per heavy atom. The molecule has 1 aromatic carbocycles. The number of thiophene rings is 1. The van der Waals surface area contributed by atoms with Gasteiger partial charge in [-0.25, -0.2) is 0 Å². The number of ether oxygens (including phenoxy) is 2. The third-order valence-electron chi connectivity index (χ3n) is 10.2. The smallest absolute Gasteiger partial charge is 0.425 e. The van der Waals surface area contributed by atoms with Crippen molar-refractivity contribution in [3.63, 3.8) is 0 Å². The average molecular weight is 788 g/mol. The third-order valence-corrected chi connectivity index (χ3v) is 11.1. The summed E-state index contributed by atoms with van der Waals surface area (Å²) in [7, 11) is 0. The van der Waals surface area contributed by atoms with Crippen LogP contribution in [0.3, 0.4) is 0 Å². The summed E-state index contributed by atoms with van der Waals surface area (Å²) >= 11 is 0.363. The number of carbonyl (C=O) groups excluding carboxylic acids is 2. The lowest BCUT2D eigenvalue weighted by molar-refractivity contribution is -0.163. The van der Waals surface area contributed by atoms with Crippen LogP contribution in [0.25, 0.3) is 0 Å². The van der Waals surface area contributed by atoms with Gasteiger partial charge < -0.3 is 34.6 Å². The molecule has 0 radical (unpaired) electrons. The molecule has 2 aliphatic heterocycles. The molecule has 2 saturated heterocycles. The van der Waals surface area contributed by atoms with Crippen LogP contribution in [-0.4, -0.2) is 86.1 Å². The predicted octanol–water partition coefficient (Wildman–Crippen LogP) is 6.63. The van der Waals surface area contributed by atoms with Crippen LogP contribution >= 0.6 is 11.3 Å². The fourth-order valence-electron chi connectivity index (χ4n) is 7.20. The monoisotopic (exact) mass is 787 g/mol. The molecular formula is C37H43F6N3O7S. The number of pyridine rings is 1. The predicted molar refractivity (Wildman–Crippen MR) is 185 cm³/mol. The van der Waals surface area contributed by atoms with E-state index in [0.29, 0.717) is 41.6 Å². The van der Waals surface area contributed by atoms with Gasteiger partial charge in [0.15, 0.2) is 6.29 Å². The van der Waals surface area contributed by atoms with Gasteiger partial charge in [-0.05, 0) is 44.2 Å². The van der Waals surface area contributed by atoms with E-state index in [1.165, 1.54) is 4.90 Å². The summed E-state index contributed by atoms with van der Waals surface area (Å²) in [5.41, 5.74) is -4.94. The maximum absolute atomic E-state index is 14.9. The SMILES string of the molecule is CCC[C@H]1N(C(=O)c2cnccc2C(F)(F)F)CCC[C@@]1(Oc1csc(C(F)(F)F)c1)C(=O)N1CCC(O)(c2ccccc2OCCC(C)C(O)O)CC1. The fraction of sp³-hybridized carbons (Fsp3) is 0.541. The van der Waals surface area contributed by atoms with Gasteiger partial charge in [0.1, 0.15) is 16.4 Å². The van der Waals surface area contributed by atoms with Gasteiger partial charge in [-0.3, -0.25) is 14.6 Å². The Balaban J connectivity index is 1.47. The largest absolute Gasteiger partial charge is 0.493 e. The van der Waals surface area contributed by atoms with Crippen LogP contribution in [0.2, 0.25) is 0 Å². The topological polar surface area (TPSA) is 133 Å². The number of para-hydroxylation sites is 1. The van der Waals surface area contributed by atoms with Gasteiger partial charge in [0.2, 0.25) is 5.60 Å². The van der Waals surface area contributed by atoms with E-state index >= 15 is 0 Å². The fourth-order valence-corrected chi connectivity index (χ4v) is 7.88. The number of halogens is 6. The van der Waals surface area contributed by atoms with Crippen LogP contribution in [0.1, 0.15) is 85.2 Å². The number of hydrogen-bond donors (Lipinski definition) is 3. The Labute approximate surface area is 312 Å². The molecule has 54 heavy (non-hydrogen) atoms. The number of hydrogen-bond acceptors (Lipinski definition) is 9. The van der Waals surface area contributed by atoms with Gasteiger partial charge in [-0.2, -0.15) is 26.3 Å². The van der Waals surface area contributed by atoms with Crippen LogP contribution in [0.5, 0.6) is 11.5 Å². The second-order valence-electron chi connectivity index (χ2n) is 13.8. The molecule has 0 spiro atoms. The first-order chi connectivity index (χ1) is 25.4. The second-order valence-corrected chi connectivity index (χ2v) is 14.7. The van der Waals surface area contributed by atoms with Gasteiger partial charge in [0.05, 0.1) is 29.4 Å². The molecule has 2 aromatic heterocycles. The van der Waals surface area contributed by atoms with E-state index in [-0.39, 0.29) is 64.1 Å². The number of rotatable bonds is 12. The summed E-state index contributed by atoms with van der Waals surface area (Å²) < 4.78 is 95.4. The van der Waals surface area contributed by atoms with E-state index in [1.807, 2.05) is 0 Å². The zero-order valence-electron chi connectivity index (χ0n) is 29.7. The number of benzene rings is 1. The number of alkyl halides is 6. The van der Waals surface area contributed by atoms with Gasteiger partial charge in [-0.15, -0.1) is 11.3 Å². The number of carbonyl (C=O) groups is 2. The molecule has 3 aromatic rings. The van der Waals surface area contributed by atoms with Gasteiger partial charge in [0, 0.05) is 61.4 Å². The Morgan fingerprint density at radius 1 is 1.04 bits per heavy atom. The van der Waals surface area contributed by atoms with Crippen LogP contribution in [0.15, 0.2) is 54.2 Å². The molecule has 2 fully saturated rings. The standard InChI is InChI=1S/C37H43F6N3O7S/c1-3-7-29-35(53-24-20-30(54-22-24)37(41,42)43,12-6-16-46(29)31(47)25-21-44-15-10-26(25)36(38,39)40)33(50)45-17-13-34(51,14-18-45)27-8-4-5-9-28(27)52-19-11-23(2)32(48)49/h4-5,8-10,15,20-23,29,32,48-49,51H,3,6-7,11-14,16-19H2,1-2H3/t23?,29-,35+/m1/s1. The second kappa shape index (κ2) is 16.4. The van der Waals surface area contributed by atoms with Crippen molar-refractivity contribution < 1.29 is 60.7 Å². The summed E-state index contributed by atoms with van der Waals surface area (Å²) in [6.07, 6.45) is -8.59. The zero-order valence-corrected chi connectivity index (χ0v) is 30.5. The van der Waals surface area contributed by atoms with Crippen LogP contribution in [0, 0.1) is 5.92 Å². The number of aliphatic hydroxyl groups is 3. The molecule has 5 rings (SSSR count). The number of aliphatic hydroxyl groups excluding tert-OH is 1. The van der Waals surface area contributed by atoms with Crippen molar-refractivity contribution in [2.45, 2.75) is 94.7 Å².